The first-order valence-electron chi connectivity index (χ1n) is 6.19. The van der Waals surface area contributed by atoms with Crippen molar-refractivity contribution in [2.45, 2.75) is 31.8 Å². The maximum atomic E-state index is 5.52. The summed E-state index contributed by atoms with van der Waals surface area (Å²) in [5, 5.41) is 3.01. The van der Waals surface area contributed by atoms with Gasteiger partial charge in [0.1, 0.15) is 10.7 Å². The van der Waals surface area contributed by atoms with Crippen LogP contribution in [-0.2, 0) is 6.54 Å². The van der Waals surface area contributed by atoms with Crippen LogP contribution in [0.1, 0.15) is 25.1 Å². The Labute approximate surface area is 110 Å². The highest BCUT2D eigenvalue weighted by molar-refractivity contribution is 7.16. The Morgan fingerprint density at radius 3 is 3.00 bits per heavy atom. The van der Waals surface area contributed by atoms with Crippen molar-refractivity contribution >= 4 is 27.4 Å². The van der Waals surface area contributed by atoms with Crippen LogP contribution in [0.25, 0.3) is 10.2 Å². The number of aromatic nitrogens is 2. The fraction of sp³-hybridized carbons (Fsp3) is 0.500. The normalized spacial score (nSPS) is 16.2. The molecule has 0 aromatic carbocycles. The van der Waals surface area contributed by atoms with E-state index in [2.05, 4.69) is 27.3 Å². The van der Waals surface area contributed by atoms with Crippen LogP contribution in [0.4, 0.5) is 5.82 Å². The second-order valence-corrected chi connectivity index (χ2v) is 5.67. The molecule has 0 unspecified atom stereocenters. The molecule has 0 amide bonds. The van der Waals surface area contributed by atoms with Crippen LogP contribution in [0, 0.1) is 0 Å². The lowest BCUT2D eigenvalue weighted by Crippen LogP contribution is -2.37. The van der Waals surface area contributed by atoms with Crippen molar-refractivity contribution in [1.82, 2.24) is 14.9 Å². The van der Waals surface area contributed by atoms with Crippen LogP contribution >= 0.6 is 11.3 Å². The maximum absolute atomic E-state index is 5.52. The molecule has 0 spiro atoms. The molecule has 2 heterocycles. The molecule has 1 saturated carbocycles. The molecular formula is C12H17N5S. The van der Waals surface area contributed by atoms with Gasteiger partial charge >= 0.3 is 0 Å². The number of nitrogen functional groups attached to an aromatic ring is 1. The Bertz CT molecular complexity index is 548. The number of thiophene rings is 1. The predicted octanol–water partition coefficient (Wildman–Crippen LogP) is 1.96. The van der Waals surface area contributed by atoms with Crippen molar-refractivity contribution in [3.63, 3.8) is 0 Å². The molecule has 96 valence electrons. The number of nitrogens with two attached hydrogens (primary N) is 1. The van der Waals surface area contributed by atoms with Gasteiger partial charge in [-0.25, -0.2) is 15.8 Å². The lowest BCUT2D eigenvalue weighted by molar-refractivity contribution is 0.149. The molecule has 1 aliphatic rings. The van der Waals surface area contributed by atoms with E-state index in [1.54, 1.807) is 11.3 Å². The summed E-state index contributed by atoms with van der Waals surface area (Å²) in [7, 11) is 2.14. The molecule has 0 atom stereocenters. The predicted molar refractivity (Wildman–Crippen MR) is 74.3 cm³/mol. The van der Waals surface area contributed by atoms with E-state index >= 15 is 0 Å². The van der Waals surface area contributed by atoms with Gasteiger partial charge in [0.15, 0.2) is 5.82 Å². The summed E-state index contributed by atoms with van der Waals surface area (Å²) in [4.78, 5) is 12.4. The molecule has 1 fully saturated rings. The largest absolute Gasteiger partial charge is 0.308 e. The minimum absolute atomic E-state index is 0.696. The number of fused-ring (bicyclic) bond motifs is 1. The zero-order valence-corrected chi connectivity index (χ0v) is 11.2. The van der Waals surface area contributed by atoms with E-state index in [4.69, 9.17) is 5.84 Å². The number of nitrogens with one attached hydrogen (secondary N) is 1. The van der Waals surface area contributed by atoms with Crippen molar-refractivity contribution in [1.29, 1.82) is 0 Å². The third-order valence-electron chi connectivity index (χ3n) is 3.60. The first-order valence-corrected chi connectivity index (χ1v) is 7.07. The van der Waals surface area contributed by atoms with Gasteiger partial charge in [-0.05, 0) is 31.3 Å². The summed E-state index contributed by atoms with van der Waals surface area (Å²) >= 11 is 1.62. The number of hydrogen-bond acceptors (Lipinski definition) is 6. The zero-order chi connectivity index (χ0) is 12.5. The van der Waals surface area contributed by atoms with Crippen molar-refractivity contribution in [3.05, 3.63) is 17.3 Å². The SMILES string of the molecule is CN(Cc1nc(NN)c2ccsc2n1)C1CCC1. The third-order valence-corrected chi connectivity index (χ3v) is 4.40. The highest BCUT2D eigenvalue weighted by Crippen LogP contribution is 2.27. The van der Waals surface area contributed by atoms with Crippen molar-refractivity contribution in [2.75, 3.05) is 12.5 Å². The summed E-state index contributed by atoms with van der Waals surface area (Å²) in [6.45, 7) is 0.785. The van der Waals surface area contributed by atoms with E-state index in [9.17, 15) is 0 Å². The van der Waals surface area contributed by atoms with E-state index in [0.29, 0.717) is 6.04 Å². The summed E-state index contributed by atoms with van der Waals surface area (Å²) in [5.41, 5.74) is 2.66. The van der Waals surface area contributed by atoms with Crippen LogP contribution in [0.15, 0.2) is 11.4 Å². The maximum Gasteiger partial charge on any atom is 0.152 e. The summed E-state index contributed by atoms with van der Waals surface area (Å²) in [6, 6.07) is 2.69. The molecular weight excluding hydrogens is 246 g/mol. The number of hydrazine groups is 1. The third kappa shape index (κ3) is 2.07. The fourth-order valence-electron chi connectivity index (χ4n) is 2.26. The molecule has 2 aromatic heterocycles. The Morgan fingerprint density at radius 1 is 1.50 bits per heavy atom. The monoisotopic (exact) mass is 263 g/mol. The number of rotatable bonds is 4. The molecule has 1 aliphatic carbocycles. The topological polar surface area (TPSA) is 67.1 Å². The number of hydrogen-bond donors (Lipinski definition) is 2. The fourth-order valence-corrected chi connectivity index (χ4v) is 3.04. The van der Waals surface area contributed by atoms with Gasteiger partial charge in [-0.15, -0.1) is 11.3 Å². The van der Waals surface area contributed by atoms with Gasteiger partial charge in [-0.2, -0.15) is 0 Å². The molecule has 0 radical (unpaired) electrons. The molecule has 0 saturated heterocycles. The van der Waals surface area contributed by atoms with Crippen LogP contribution in [-0.4, -0.2) is 28.0 Å². The molecule has 6 heteroatoms. The molecule has 3 N–H and O–H groups in total. The molecule has 3 rings (SSSR count). The molecule has 18 heavy (non-hydrogen) atoms. The van der Waals surface area contributed by atoms with E-state index in [-0.39, 0.29) is 0 Å². The van der Waals surface area contributed by atoms with Gasteiger partial charge in [0.25, 0.3) is 0 Å². The molecule has 0 bridgehead atoms. The average Bonchev–Trinajstić information content (AvgIpc) is 2.73. The smallest absolute Gasteiger partial charge is 0.152 e. The molecule has 2 aromatic rings. The van der Waals surface area contributed by atoms with Crippen molar-refractivity contribution in [3.8, 4) is 0 Å². The van der Waals surface area contributed by atoms with E-state index in [0.717, 1.165) is 28.4 Å². The summed E-state index contributed by atoms with van der Waals surface area (Å²) in [6.07, 6.45) is 3.93. The van der Waals surface area contributed by atoms with Gasteiger partial charge in [0.05, 0.1) is 11.9 Å². The Hall–Kier alpha value is -1.24. The van der Waals surface area contributed by atoms with Gasteiger partial charge in [-0.3, -0.25) is 4.90 Å². The van der Waals surface area contributed by atoms with Crippen LogP contribution in [0.3, 0.4) is 0 Å². The Morgan fingerprint density at radius 2 is 2.33 bits per heavy atom. The van der Waals surface area contributed by atoms with Gasteiger partial charge in [0, 0.05) is 6.04 Å². The van der Waals surface area contributed by atoms with Crippen LogP contribution < -0.4 is 11.3 Å². The Balaban J connectivity index is 1.86. The lowest BCUT2D eigenvalue weighted by Gasteiger charge is -2.34. The number of anilines is 1. The minimum Gasteiger partial charge on any atom is -0.308 e. The van der Waals surface area contributed by atoms with Crippen LogP contribution in [0.2, 0.25) is 0 Å². The molecule has 5 nitrogen and oxygen atoms in total. The van der Waals surface area contributed by atoms with Gasteiger partial charge < -0.3 is 5.43 Å². The van der Waals surface area contributed by atoms with E-state index < -0.39 is 0 Å². The highest BCUT2D eigenvalue weighted by atomic mass is 32.1. The van der Waals surface area contributed by atoms with Crippen molar-refractivity contribution < 1.29 is 0 Å². The average molecular weight is 263 g/mol. The first-order chi connectivity index (χ1) is 8.78. The van der Waals surface area contributed by atoms with Gasteiger partial charge in [0.2, 0.25) is 0 Å². The second kappa shape index (κ2) is 4.79. The quantitative estimate of drug-likeness (QED) is 0.652. The highest BCUT2D eigenvalue weighted by Gasteiger charge is 2.22. The Kier molecular flexibility index (Phi) is 3.15. The van der Waals surface area contributed by atoms with Crippen molar-refractivity contribution in [2.24, 2.45) is 5.84 Å². The standard InChI is InChI=1S/C12H17N5S/c1-17(8-3-2-4-8)7-10-14-11(16-13)9-5-6-18-12(9)15-10/h5-6,8H,2-4,7,13H2,1H3,(H,14,15,16). The summed E-state index contributed by atoms with van der Waals surface area (Å²) < 4.78 is 0. The number of nitrogens with zero attached hydrogens (tertiary/aromatic N) is 3. The summed E-state index contributed by atoms with van der Waals surface area (Å²) in [5.74, 6) is 7.08. The zero-order valence-electron chi connectivity index (χ0n) is 10.4. The van der Waals surface area contributed by atoms with Gasteiger partial charge in [-0.1, -0.05) is 6.42 Å². The minimum atomic E-state index is 0.696. The first kappa shape index (κ1) is 11.8. The van der Waals surface area contributed by atoms with E-state index in [1.165, 1.54) is 19.3 Å². The van der Waals surface area contributed by atoms with Crippen LogP contribution in [0.5, 0.6) is 0 Å². The molecule has 0 aliphatic heterocycles. The lowest BCUT2D eigenvalue weighted by atomic mass is 9.92. The van der Waals surface area contributed by atoms with E-state index in [1.807, 2.05) is 11.4 Å². The second-order valence-electron chi connectivity index (χ2n) is 4.77.